The van der Waals surface area contributed by atoms with Crippen molar-refractivity contribution in [2.75, 3.05) is 6.61 Å². The molecule has 0 saturated heterocycles. The second-order valence-corrected chi connectivity index (χ2v) is 5.20. The van der Waals surface area contributed by atoms with Crippen molar-refractivity contribution >= 4 is 10.1 Å². The van der Waals surface area contributed by atoms with Gasteiger partial charge in [-0.1, -0.05) is 10.4 Å². The SMILES string of the molecule is Cc1ccc2c(C)c1CCOOOOS2(=O)=O. The normalized spacial score (nSPS) is 19.9. The van der Waals surface area contributed by atoms with Crippen LogP contribution in [-0.2, 0) is 35.8 Å². The van der Waals surface area contributed by atoms with Crippen molar-refractivity contribution in [3.05, 3.63) is 28.8 Å². The highest BCUT2D eigenvalue weighted by Gasteiger charge is 2.23. The van der Waals surface area contributed by atoms with Gasteiger partial charge in [-0.15, -0.1) is 0 Å². The molecule has 1 aromatic carbocycles. The number of aryl methyl sites for hydroxylation is 1. The predicted molar refractivity (Wildman–Crippen MR) is 56.0 cm³/mol. The molecule has 6 nitrogen and oxygen atoms in total. The predicted octanol–water partition coefficient (Wildman–Crippen LogP) is 1.36. The van der Waals surface area contributed by atoms with Gasteiger partial charge in [0.25, 0.3) is 0 Å². The van der Waals surface area contributed by atoms with Gasteiger partial charge in [-0.2, -0.15) is 8.42 Å². The van der Waals surface area contributed by atoms with Crippen LogP contribution in [0.3, 0.4) is 0 Å². The molecular formula is C10H12O6S. The summed E-state index contributed by atoms with van der Waals surface area (Å²) < 4.78 is 27.7. The van der Waals surface area contributed by atoms with E-state index in [-0.39, 0.29) is 11.5 Å². The van der Waals surface area contributed by atoms with Crippen LogP contribution in [0.15, 0.2) is 17.0 Å². The highest BCUT2D eigenvalue weighted by atomic mass is 32.2. The molecular weight excluding hydrogens is 248 g/mol. The Morgan fingerprint density at radius 1 is 1.18 bits per heavy atom. The second-order valence-electron chi connectivity index (χ2n) is 3.71. The zero-order valence-corrected chi connectivity index (χ0v) is 10.2. The van der Waals surface area contributed by atoms with Gasteiger partial charge < -0.3 is 0 Å². The van der Waals surface area contributed by atoms with Crippen molar-refractivity contribution < 1.29 is 27.7 Å². The fraction of sp³-hybridized carbons (Fsp3) is 0.400. The van der Waals surface area contributed by atoms with E-state index in [2.05, 4.69) is 19.3 Å². The first-order valence-electron chi connectivity index (χ1n) is 5.01. The average molecular weight is 260 g/mol. The van der Waals surface area contributed by atoms with Crippen LogP contribution in [0.1, 0.15) is 16.7 Å². The highest BCUT2D eigenvalue weighted by molar-refractivity contribution is 7.86. The van der Waals surface area contributed by atoms with Crippen LogP contribution in [0.5, 0.6) is 0 Å². The molecule has 2 bridgehead atoms. The van der Waals surface area contributed by atoms with Crippen molar-refractivity contribution in [3.63, 3.8) is 0 Å². The van der Waals surface area contributed by atoms with E-state index in [4.69, 9.17) is 0 Å². The van der Waals surface area contributed by atoms with Crippen molar-refractivity contribution in [1.82, 2.24) is 0 Å². The second kappa shape index (κ2) is 4.71. The summed E-state index contributed by atoms with van der Waals surface area (Å²) in [6.07, 6.45) is 0.532. The first-order valence-corrected chi connectivity index (χ1v) is 6.42. The van der Waals surface area contributed by atoms with Gasteiger partial charge in [-0.25, -0.2) is 4.89 Å². The molecule has 0 unspecified atom stereocenters. The van der Waals surface area contributed by atoms with Crippen LogP contribution in [0, 0.1) is 13.8 Å². The standard InChI is InChI=1S/C10H12O6S/c1-7-3-4-10-8(2)9(7)5-6-13-14-15-16-17(10,11)12/h3-4H,5-6H2,1-2H3. The number of hydrogen-bond acceptors (Lipinski definition) is 6. The number of benzene rings is 1. The van der Waals surface area contributed by atoms with Crippen LogP contribution in [0.2, 0.25) is 0 Å². The minimum atomic E-state index is -4.00. The van der Waals surface area contributed by atoms with E-state index in [1.165, 1.54) is 6.07 Å². The number of rotatable bonds is 0. The van der Waals surface area contributed by atoms with Gasteiger partial charge in [-0.3, -0.25) is 0 Å². The van der Waals surface area contributed by atoms with Crippen LogP contribution >= 0.6 is 0 Å². The van der Waals surface area contributed by atoms with Crippen LogP contribution < -0.4 is 0 Å². The van der Waals surface area contributed by atoms with Crippen molar-refractivity contribution in [3.8, 4) is 0 Å². The first-order chi connectivity index (χ1) is 8.02. The lowest BCUT2D eigenvalue weighted by Crippen LogP contribution is -2.14. The lowest BCUT2D eigenvalue weighted by atomic mass is 10.0. The van der Waals surface area contributed by atoms with Crippen molar-refractivity contribution in [1.29, 1.82) is 0 Å². The Morgan fingerprint density at radius 3 is 2.71 bits per heavy atom. The molecule has 0 fully saturated rings. The van der Waals surface area contributed by atoms with Gasteiger partial charge in [0, 0.05) is 0 Å². The Morgan fingerprint density at radius 2 is 1.94 bits per heavy atom. The maximum absolute atomic E-state index is 11.7. The van der Waals surface area contributed by atoms with Crippen LogP contribution in [0.4, 0.5) is 0 Å². The Hall–Kier alpha value is -0.990. The molecule has 0 saturated carbocycles. The van der Waals surface area contributed by atoms with E-state index in [0.29, 0.717) is 12.0 Å². The van der Waals surface area contributed by atoms with Gasteiger partial charge in [-0.05, 0) is 53.1 Å². The summed E-state index contributed by atoms with van der Waals surface area (Å²) in [5.74, 6) is 0. The third kappa shape index (κ3) is 2.48. The Labute approximate surface area is 99.0 Å². The van der Waals surface area contributed by atoms with E-state index >= 15 is 0 Å². The first kappa shape index (κ1) is 12.5. The van der Waals surface area contributed by atoms with Crippen molar-refractivity contribution in [2.45, 2.75) is 25.2 Å². The molecule has 0 aliphatic carbocycles. The van der Waals surface area contributed by atoms with Crippen LogP contribution in [0.25, 0.3) is 0 Å². The summed E-state index contributed by atoms with van der Waals surface area (Å²) in [5.41, 5.74) is 2.53. The molecule has 0 N–H and O–H groups in total. The van der Waals surface area contributed by atoms with Gasteiger partial charge in [0.05, 0.1) is 11.5 Å². The van der Waals surface area contributed by atoms with Crippen molar-refractivity contribution in [2.24, 2.45) is 0 Å². The smallest absolute Gasteiger partial charge is 0.203 e. The van der Waals surface area contributed by atoms with E-state index in [0.717, 1.165) is 11.1 Å². The zero-order chi connectivity index (χ0) is 12.5. The molecule has 0 spiro atoms. The molecule has 0 aromatic heterocycles. The molecule has 1 aromatic rings. The molecule has 2 rings (SSSR count). The maximum Gasteiger partial charge on any atom is 0.325 e. The van der Waals surface area contributed by atoms with E-state index in [1.54, 1.807) is 13.0 Å². The summed E-state index contributed by atoms with van der Waals surface area (Å²) in [6.45, 7) is 3.87. The lowest BCUT2D eigenvalue weighted by molar-refractivity contribution is -0.606. The minimum absolute atomic E-state index is 0.0728. The summed E-state index contributed by atoms with van der Waals surface area (Å²) in [7, 11) is -4.00. The summed E-state index contributed by atoms with van der Waals surface area (Å²) in [5, 5.41) is 8.11. The topological polar surface area (TPSA) is 71.1 Å². The fourth-order valence-corrected chi connectivity index (χ4v) is 2.71. The Bertz CT molecular complexity index is 522. The van der Waals surface area contributed by atoms with Crippen LogP contribution in [-0.4, -0.2) is 15.0 Å². The largest absolute Gasteiger partial charge is 0.325 e. The quantitative estimate of drug-likeness (QED) is 0.656. The zero-order valence-electron chi connectivity index (χ0n) is 9.43. The Balaban J connectivity index is 2.58. The highest BCUT2D eigenvalue weighted by Crippen LogP contribution is 2.25. The molecule has 0 radical (unpaired) electrons. The molecule has 7 heteroatoms. The Kier molecular flexibility index (Phi) is 3.45. The molecule has 94 valence electrons. The van der Waals surface area contributed by atoms with E-state index in [9.17, 15) is 8.42 Å². The molecule has 1 aliphatic rings. The number of fused-ring (bicyclic) bond motifs is 2. The van der Waals surface area contributed by atoms with Gasteiger partial charge in [0.2, 0.25) is 0 Å². The van der Waals surface area contributed by atoms with E-state index < -0.39 is 10.1 Å². The fourth-order valence-electron chi connectivity index (χ4n) is 1.81. The maximum atomic E-state index is 11.7. The van der Waals surface area contributed by atoms with E-state index in [1.807, 2.05) is 6.92 Å². The van der Waals surface area contributed by atoms with Gasteiger partial charge >= 0.3 is 10.1 Å². The lowest BCUT2D eigenvalue weighted by Gasteiger charge is -2.15. The molecule has 1 aliphatic heterocycles. The van der Waals surface area contributed by atoms with Gasteiger partial charge in [0.15, 0.2) is 0 Å². The molecule has 1 heterocycles. The molecule has 0 atom stereocenters. The summed E-state index contributed by atoms with van der Waals surface area (Å²) in [6, 6.07) is 3.20. The molecule has 0 amide bonds. The summed E-state index contributed by atoms with van der Waals surface area (Å²) in [4.78, 5) is 4.67. The third-order valence-electron chi connectivity index (χ3n) is 2.68. The molecule has 17 heavy (non-hydrogen) atoms. The summed E-state index contributed by atoms with van der Waals surface area (Å²) >= 11 is 0. The average Bonchev–Trinajstić information content (AvgIpc) is 2.25. The monoisotopic (exact) mass is 260 g/mol. The third-order valence-corrected chi connectivity index (χ3v) is 3.90. The minimum Gasteiger partial charge on any atom is -0.203 e. The van der Waals surface area contributed by atoms with Gasteiger partial charge in [0.1, 0.15) is 0 Å². The number of hydrogen-bond donors (Lipinski definition) is 0.